The maximum atomic E-state index is 11.9. The zero-order chi connectivity index (χ0) is 16.9. The number of rotatable bonds is 4. The number of carboxylic acids is 1. The van der Waals surface area contributed by atoms with Crippen LogP contribution >= 0.6 is 0 Å². The average molecular weight is 321 g/mol. The Morgan fingerprint density at radius 3 is 2.38 bits per heavy atom. The van der Waals surface area contributed by atoms with E-state index in [4.69, 9.17) is 9.84 Å². The Morgan fingerprint density at radius 1 is 0.917 bits per heavy atom. The van der Waals surface area contributed by atoms with Crippen LogP contribution in [-0.2, 0) is 11.3 Å². The summed E-state index contributed by atoms with van der Waals surface area (Å²) in [7, 11) is 0. The zero-order valence-corrected chi connectivity index (χ0v) is 12.7. The van der Waals surface area contributed by atoms with Gasteiger partial charge in [-0.3, -0.25) is 5.32 Å². The molecule has 2 N–H and O–H groups in total. The van der Waals surface area contributed by atoms with Crippen molar-refractivity contribution in [2.24, 2.45) is 0 Å². The maximum Gasteiger partial charge on any atom is 0.411 e. The number of amides is 1. The lowest BCUT2D eigenvalue weighted by atomic mass is 10.1. The molecule has 0 aliphatic rings. The highest BCUT2D eigenvalue weighted by Crippen LogP contribution is 2.21. The molecule has 0 aliphatic heterocycles. The van der Waals surface area contributed by atoms with Gasteiger partial charge in [0.15, 0.2) is 0 Å². The van der Waals surface area contributed by atoms with Gasteiger partial charge in [0, 0.05) is 5.69 Å². The van der Waals surface area contributed by atoms with Gasteiger partial charge in [0.05, 0.1) is 5.56 Å². The van der Waals surface area contributed by atoms with E-state index in [9.17, 15) is 9.59 Å². The van der Waals surface area contributed by atoms with Crippen LogP contribution in [0.1, 0.15) is 15.9 Å². The van der Waals surface area contributed by atoms with Crippen LogP contribution in [0, 0.1) is 0 Å². The van der Waals surface area contributed by atoms with Gasteiger partial charge in [0.25, 0.3) is 0 Å². The van der Waals surface area contributed by atoms with Gasteiger partial charge in [0.2, 0.25) is 0 Å². The predicted octanol–water partition coefficient (Wildman–Crippen LogP) is 4.29. The average Bonchev–Trinajstić information content (AvgIpc) is 2.60. The smallest absolute Gasteiger partial charge is 0.411 e. The first-order valence-corrected chi connectivity index (χ1v) is 7.36. The lowest BCUT2D eigenvalue weighted by molar-refractivity contribution is 0.0697. The summed E-state index contributed by atoms with van der Waals surface area (Å²) in [5, 5.41) is 13.3. The van der Waals surface area contributed by atoms with Crippen LogP contribution in [0.25, 0.3) is 10.8 Å². The van der Waals surface area contributed by atoms with Gasteiger partial charge < -0.3 is 9.84 Å². The van der Waals surface area contributed by atoms with E-state index in [0.29, 0.717) is 5.69 Å². The zero-order valence-electron chi connectivity index (χ0n) is 12.7. The summed E-state index contributed by atoms with van der Waals surface area (Å²) in [6.45, 7) is 0.197. The maximum absolute atomic E-state index is 11.9. The third-order valence-electron chi connectivity index (χ3n) is 3.55. The molecule has 0 bridgehead atoms. The van der Waals surface area contributed by atoms with Crippen LogP contribution in [0.15, 0.2) is 66.7 Å². The molecule has 0 spiro atoms. The van der Waals surface area contributed by atoms with Crippen molar-refractivity contribution in [2.75, 3.05) is 5.32 Å². The molecular formula is C19H15NO4. The van der Waals surface area contributed by atoms with Crippen LogP contribution in [0.2, 0.25) is 0 Å². The van der Waals surface area contributed by atoms with E-state index in [1.807, 2.05) is 30.3 Å². The fourth-order valence-corrected chi connectivity index (χ4v) is 2.33. The standard InChI is InChI=1S/C19H15NO4/c21-18(22)16-7-6-15-11-17(9-8-14(15)10-16)20-19(23)24-12-13-4-2-1-3-5-13/h1-11H,12H2,(H,20,23)(H,21,22). The topological polar surface area (TPSA) is 75.6 Å². The molecule has 3 aromatic rings. The number of aromatic carboxylic acids is 1. The van der Waals surface area contributed by atoms with E-state index in [-0.39, 0.29) is 12.2 Å². The molecule has 120 valence electrons. The molecule has 0 fully saturated rings. The van der Waals surface area contributed by atoms with Crippen molar-refractivity contribution in [1.82, 2.24) is 0 Å². The molecule has 0 unspecified atom stereocenters. The molecule has 0 radical (unpaired) electrons. The van der Waals surface area contributed by atoms with Crippen LogP contribution in [0.5, 0.6) is 0 Å². The fraction of sp³-hybridized carbons (Fsp3) is 0.0526. The minimum atomic E-state index is -0.969. The van der Waals surface area contributed by atoms with E-state index < -0.39 is 12.1 Å². The number of benzene rings is 3. The van der Waals surface area contributed by atoms with Crippen molar-refractivity contribution in [3.05, 3.63) is 77.9 Å². The highest BCUT2D eigenvalue weighted by molar-refractivity contribution is 5.96. The predicted molar refractivity (Wildman–Crippen MR) is 91.2 cm³/mol. The molecule has 5 nitrogen and oxygen atoms in total. The summed E-state index contributed by atoms with van der Waals surface area (Å²) in [6, 6.07) is 19.5. The summed E-state index contributed by atoms with van der Waals surface area (Å²) in [5.41, 5.74) is 1.72. The second-order valence-electron chi connectivity index (χ2n) is 5.27. The Kier molecular flexibility index (Phi) is 4.43. The van der Waals surface area contributed by atoms with E-state index in [1.165, 1.54) is 6.07 Å². The van der Waals surface area contributed by atoms with Gasteiger partial charge in [-0.15, -0.1) is 0 Å². The summed E-state index contributed by atoms with van der Waals surface area (Å²) in [4.78, 5) is 22.8. The monoisotopic (exact) mass is 321 g/mol. The molecule has 3 rings (SSSR count). The van der Waals surface area contributed by atoms with Gasteiger partial charge in [-0.25, -0.2) is 9.59 Å². The first-order chi connectivity index (χ1) is 11.6. The third kappa shape index (κ3) is 3.70. The molecule has 0 atom stereocenters. The van der Waals surface area contributed by atoms with Crippen molar-refractivity contribution >= 4 is 28.5 Å². The molecule has 0 heterocycles. The Balaban J connectivity index is 1.67. The molecule has 0 aliphatic carbocycles. The number of fused-ring (bicyclic) bond motifs is 1. The minimum Gasteiger partial charge on any atom is -0.478 e. The van der Waals surface area contributed by atoms with E-state index >= 15 is 0 Å². The normalized spacial score (nSPS) is 10.3. The van der Waals surface area contributed by atoms with Gasteiger partial charge in [-0.2, -0.15) is 0 Å². The molecular weight excluding hydrogens is 306 g/mol. The van der Waals surface area contributed by atoms with Crippen molar-refractivity contribution in [3.8, 4) is 0 Å². The second-order valence-corrected chi connectivity index (χ2v) is 5.27. The Bertz CT molecular complexity index is 890. The highest BCUT2D eigenvalue weighted by atomic mass is 16.5. The van der Waals surface area contributed by atoms with Gasteiger partial charge in [-0.05, 0) is 40.6 Å². The number of ether oxygens (including phenoxy) is 1. The largest absolute Gasteiger partial charge is 0.478 e. The summed E-state index contributed by atoms with van der Waals surface area (Å²) < 4.78 is 5.17. The molecule has 0 aromatic heterocycles. The lowest BCUT2D eigenvalue weighted by Crippen LogP contribution is -2.13. The SMILES string of the molecule is O=C(Nc1ccc2cc(C(=O)O)ccc2c1)OCc1ccccc1. The minimum absolute atomic E-state index is 0.197. The highest BCUT2D eigenvalue weighted by Gasteiger charge is 2.07. The van der Waals surface area contributed by atoms with Gasteiger partial charge in [0.1, 0.15) is 6.61 Å². The molecule has 0 saturated heterocycles. The first kappa shape index (κ1) is 15.6. The third-order valence-corrected chi connectivity index (χ3v) is 3.55. The second kappa shape index (κ2) is 6.83. The number of carbonyl (C=O) groups is 2. The number of nitrogens with one attached hydrogen (secondary N) is 1. The van der Waals surface area contributed by atoms with Crippen molar-refractivity contribution in [1.29, 1.82) is 0 Å². The molecule has 0 saturated carbocycles. The van der Waals surface area contributed by atoms with E-state index in [1.54, 1.807) is 30.3 Å². The van der Waals surface area contributed by atoms with Crippen molar-refractivity contribution in [3.63, 3.8) is 0 Å². The van der Waals surface area contributed by atoms with E-state index in [0.717, 1.165) is 16.3 Å². The summed E-state index contributed by atoms with van der Waals surface area (Å²) in [6.07, 6.45) is -0.541. The lowest BCUT2D eigenvalue weighted by Gasteiger charge is -2.08. The van der Waals surface area contributed by atoms with Crippen LogP contribution in [-0.4, -0.2) is 17.2 Å². The van der Waals surface area contributed by atoms with Crippen LogP contribution < -0.4 is 5.32 Å². The fourth-order valence-electron chi connectivity index (χ4n) is 2.33. The molecule has 24 heavy (non-hydrogen) atoms. The number of hydrogen-bond donors (Lipinski definition) is 2. The quantitative estimate of drug-likeness (QED) is 0.752. The summed E-state index contributed by atoms with van der Waals surface area (Å²) in [5.74, 6) is -0.969. The van der Waals surface area contributed by atoms with Gasteiger partial charge >= 0.3 is 12.1 Å². The molecule has 3 aromatic carbocycles. The first-order valence-electron chi connectivity index (χ1n) is 7.36. The number of carboxylic acid groups (broad SMARTS) is 1. The van der Waals surface area contributed by atoms with E-state index in [2.05, 4.69) is 5.32 Å². The number of anilines is 1. The molecule has 5 heteroatoms. The van der Waals surface area contributed by atoms with Crippen LogP contribution in [0.3, 0.4) is 0 Å². The molecule has 1 amide bonds. The Morgan fingerprint density at radius 2 is 1.62 bits per heavy atom. The Labute approximate surface area is 138 Å². The van der Waals surface area contributed by atoms with Gasteiger partial charge in [-0.1, -0.05) is 42.5 Å². The number of carbonyl (C=O) groups excluding carboxylic acids is 1. The number of hydrogen-bond acceptors (Lipinski definition) is 3. The Hall–Kier alpha value is -3.34. The van der Waals surface area contributed by atoms with Crippen molar-refractivity contribution in [2.45, 2.75) is 6.61 Å². The van der Waals surface area contributed by atoms with Crippen LogP contribution in [0.4, 0.5) is 10.5 Å². The van der Waals surface area contributed by atoms with Crippen molar-refractivity contribution < 1.29 is 19.4 Å². The summed E-state index contributed by atoms with van der Waals surface area (Å²) >= 11 is 0.